The molecule has 3 heteroatoms. The first kappa shape index (κ1) is 13.6. The van der Waals surface area contributed by atoms with E-state index < -0.39 is 0 Å². The number of carbonyl (C=O) groups is 1. The fourth-order valence-electron chi connectivity index (χ4n) is 2.36. The molecule has 1 unspecified atom stereocenters. The molecule has 2 nitrogen and oxygen atoms in total. The van der Waals surface area contributed by atoms with Gasteiger partial charge in [0.25, 0.3) is 5.91 Å². The molecule has 1 aliphatic heterocycles. The van der Waals surface area contributed by atoms with Crippen LogP contribution in [0.1, 0.15) is 58.9 Å². The molecular formula is C15H20BrNO. The second-order valence-corrected chi connectivity index (χ2v) is 5.99. The van der Waals surface area contributed by atoms with Crippen molar-refractivity contribution in [3.05, 3.63) is 34.9 Å². The third kappa shape index (κ3) is 3.14. The molecule has 0 bridgehead atoms. The summed E-state index contributed by atoms with van der Waals surface area (Å²) in [7, 11) is 0. The minimum atomic E-state index is 0.0753. The molecule has 0 saturated carbocycles. The van der Waals surface area contributed by atoms with Crippen molar-refractivity contribution in [2.24, 2.45) is 0 Å². The van der Waals surface area contributed by atoms with E-state index in [4.69, 9.17) is 0 Å². The topological polar surface area (TPSA) is 29.1 Å². The average Bonchev–Trinajstić information content (AvgIpc) is 2.39. The number of alkyl halides is 1. The van der Waals surface area contributed by atoms with Crippen LogP contribution in [0.15, 0.2) is 18.2 Å². The number of fused-ring (bicyclic) bond motifs is 1. The molecule has 1 aromatic rings. The van der Waals surface area contributed by atoms with Crippen LogP contribution in [0.3, 0.4) is 0 Å². The van der Waals surface area contributed by atoms with Crippen molar-refractivity contribution in [3.63, 3.8) is 0 Å². The highest BCUT2D eigenvalue weighted by Gasteiger charge is 2.18. The predicted octanol–water partition coefficient (Wildman–Crippen LogP) is 3.99. The van der Waals surface area contributed by atoms with Crippen LogP contribution in [-0.2, 0) is 6.42 Å². The summed E-state index contributed by atoms with van der Waals surface area (Å²) in [6.07, 6.45) is 5.83. The lowest BCUT2D eigenvalue weighted by Gasteiger charge is -2.18. The average molecular weight is 310 g/mol. The number of nitrogens with one attached hydrogen (secondary N) is 1. The summed E-state index contributed by atoms with van der Waals surface area (Å²) in [5, 5.41) is 2.90. The first-order valence-electron chi connectivity index (χ1n) is 6.77. The number of halogens is 1. The largest absolute Gasteiger partial charge is 0.352 e. The monoisotopic (exact) mass is 309 g/mol. The van der Waals surface area contributed by atoms with E-state index in [1.54, 1.807) is 0 Å². The molecule has 1 amide bonds. The maximum absolute atomic E-state index is 11.8. The third-order valence-corrected chi connectivity index (χ3v) is 4.47. The highest BCUT2D eigenvalue weighted by Crippen LogP contribution is 2.30. The summed E-state index contributed by atoms with van der Waals surface area (Å²) in [5.41, 5.74) is 3.26. The van der Waals surface area contributed by atoms with Crippen molar-refractivity contribution < 1.29 is 4.79 Å². The summed E-state index contributed by atoms with van der Waals surface area (Å²) in [6, 6.07) is 6.31. The Morgan fingerprint density at radius 2 is 2.22 bits per heavy atom. The second kappa shape index (κ2) is 6.37. The molecule has 0 aliphatic carbocycles. The van der Waals surface area contributed by atoms with Gasteiger partial charge in [0.2, 0.25) is 0 Å². The van der Waals surface area contributed by atoms with Gasteiger partial charge in [0.15, 0.2) is 0 Å². The van der Waals surface area contributed by atoms with Gasteiger partial charge in [0.05, 0.1) is 0 Å². The van der Waals surface area contributed by atoms with Gasteiger partial charge in [0.1, 0.15) is 0 Å². The molecular weight excluding hydrogens is 290 g/mol. The molecule has 98 valence electrons. The Kier molecular flexibility index (Phi) is 4.81. The zero-order valence-electron chi connectivity index (χ0n) is 10.8. The van der Waals surface area contributed by atoms with E-state index in [9.17, 15) is 4.79 Å². The van der Waals surface area contributed by atoms with Crippen LogP contribution in [0.4, 0.5) is 0 Å². The number of hydrogen-bond donors (Lipinski definition) is 1. The summed E-state index contributed by atoms with van der Waals surface area (Å²) < 4.78 is 0. The van der Waals surface area contributed by atoms with Crippen molar-refractivity contribution in [1.29, 1.82) is 0 Å². The SMILES string of the molecule is CCCCCC(Br)c1ccc2c(c1)C(=O)NCC2. The molecule has 0 aromatic heterocycles. The molecule has 1 atom stereocenters. The number of rotatable bonds is 5. The van der Waals surface area contributed by atoms with Gasteiger partial charge < -0.3 is 5.32 Å². The van der Waals surface area contributed by atoms with Gasteiger partial charge in [-0.1, -0.05) is 54.2 Å². The Labute approximate surface area is 117 Å². The summed E-state index contributed by atoms with van der Waals surface area (Å²) in [4.78, 5) is 12.2. The van der Waals surface area contributed by atoms with Gasteiger partial charge >= 0.3 is 0 Å². The van der Waals surface area contributed by atoms with E-state index >= 15 is 0 Å². The first-order chi connectivity index (χ1) is 8.72. The second-order valence-electron chi connectivity index (χ2n) is 4.89. The van der Waals surface area contributed by atoms with Gasteiger partial charge in [-0.3, -0.25) is 4.79 Å². The number of unbranched alkanes of at least 4 members (excludes halogenated alkanes) is 2. The van der Waals surface area contributed by atoms with E-state index in [1.165, 1.54) is 30.4 Å². The lowest BCUT2D eigenvalue weighted by atomic mass is 9.96. The maximum atomic E-state index is 11.8. The predicted molar refractivity (Wildman–Crippen MR) is 78.3 cm³/mol. The molecule has 0 radical (unpaired) electrons. The van der Waals surface area contributed by atoms with Crippen LogP contribution in [0.5, 0.6) is 0 Å². The Bertz CT molecular complexity index is 431. The van der Waals surface area contributed by atoms with E-state index in [2.05, 4.69) is 46.4 Å². The molecule has 0 spiro atoms. The fraction of sp³-hybridized carbons (Fsp3) is 0.533. The summed E-state index contributed by atoms with van der Waals surface area (Å²) in [6.45, 7) is 2.98. The van der Waals surface area contributed by atoms with E-state index in [1.807, 2.05) is 0 Å². The number of amides is 1. The molecule has 1 N–H and O–H groups in total. The van der Waals surface area contributed by atoms with Gasteiger partial charge in [-0.05, 0) is 30.0 Å². The van der Waals surface area contributed by atoms with E-state index in [0.717, 1.165) is 24.9 Å². The smallest absolute Gasteiger partial charge is 0.251 e. The molecule has 1 heterocycles. The molecule has 1 aromatic carbocycles. The van der Waals surface area contributed by atoms with Gasteiger partial charge in [-0.25, -0.2) is 0 Å². The van der Waals surface area contributed by atoms with Crippen LogP contribution < -0.4 is 5.32 Å². The lowest BCUT2D eigenvalue weighted by Crippen LogP contribution is -2.31. The Hall–Kier alpha value is -0.830. The van der Waals surface area contributed by atoms with Crippen molar-refractivity contribution in [2.45, 2.75) is 43.9 Å². The van der Waals surface area contributed by atoms with Crippen LogP contribution in [0.25, 0.3) is 0 Å². The highest BCUT2D eigenvalue weighted by atomic mass is 79.9. The number of hydrogen-bond acceptors (Lipinski definition) is 1. The molecule has 2 rings (SSSR count). The minimum absolute atomic E-state index is 0.0753. The Morgan fingerprint density at radius 3 is 3.00 bits per heavy atom. The number of carbonyl (C=O) groups excluding carboxylic acids is 1. The van der Waals surface area contributed by atoms with Crippen LogP contribution >= 0.6 is 15.9 Å². The molecule has 0 saturated heterocycles. The van der Waals surface area contributed by atoms with Crippen molar-refractivity contribution in [1.82, 2.24) is 5.32 Å². The fourth-order valence-corrected chi connectivity index (χ4v) is 2.97. The maximum Gasteiger partial charge on any atom is 0.251 e. The lowest BCUT2D eigenvalue weighted by molar-refractivity contribution is 0.0946. The van der Waals surface area contributed by atoms with Crippen LogP contribution in [0, 0.1) is 0 Å². The van der Waals surface area contributed by atoms with Gasteiger partial charge in [0, 0.05) is 16.9 Å². The van der Waals surface area contributed by atoms with Crippen LogP contribution in [-0.4, -0.2) is 12.5 Å². The zero-order chi connectivity index (χ0) is 13.0. The van der Waals surface area contributed by atoms with Crippen molar-refractivity contribution >= 4 is 21.8 Å². The van der Waals surface area contributed by atoms with Gasteiger partial charge in [-0.15, -0.1) is 0 Å². The molecule has 18 heavy (non-hydrogen) atoms. The van der Waals surface area contributed by atoms with Crippen LogP contribution in [0.2, 0.25) is 0 Å². The first-order valence-corrected chi connectivity index (χ1v) is 7.69. The Morgan fingerprint density at radius 1 is 1.39 bits per heavy atom. The highest BCUT2D eigenvalue weighted by molar-refractivity contribution is 9.09. The Balaban J connectivity index is 2.10. The van der Waals surface area contributed by atoms with Gasteiger partial charge in [-0.2, -0.15) is 0 Å². The van der Waals surface area contributed by atoms with Crippen molar-refractivity contribution in [2.75, 3.05) is 6.54 Å². The van der Waals surface area contributed by atoms with E-state index in [-0.39, 0.29) is 5.91 Å². The summed E-state index contributed by atoms with van der Waals surface area (Å²) in [5.74, 6) is 0.0753. The van der Waals surface area contributed by atoms with Crippen molar-refractivity contribution in [3.8, 4) is 0 Å². The molecule has 1 aliphatic rings. The summed E-state index contributed by atoms with van der Waals surface area (Å²) >= 11 is 3.73. The zero-order valence-corrected chi connectivity index (χ0v) is 12.4. The minimum Gasteiger partial charge on any atom is -0.352 e. The normalized spacial score (nSPS) is 16.0. The standard InChI is InChI=1S/C15H20BrNO/c1-2-3-4-5-14(16)12-7-6-11-8-9-17-15(18)13(11)10-12/h6-7,10,14H,2-5,8-9H2,1H3,(H,17,18). The van der Waals surface area contributed by atoms with E-state index in [0.29, 0.717) is 4.83 Å². The molecule has 0 fully saturated rings. The quantitative estimate of drug-likeness (QED) is 0.646. The third-order valence-electron chi connectivity index (χ3n) is 3.48. The number of benzene rings is 1.